The van der Waals surface area contributed by atoms with E-state index >= 15 is 0 Å². The molecular weight excluding hydrogens is 269 g/mol. The monoisotopic (exact) mass is 279 g/mol. The Balaban J connectivity index is 1.87. The maximum absolute atomic E-state index is 13.9. The minimum absolute atomic E-state index is 0.188. The zero-order valence-electron chi connectivity index (χ0n) is 9.80. The fourth-order valence-corrected chi connectivity index (χ4v) is 2.68. The van der Waals surface area contributed by atoms with Gasteiger partial charge in [-0.05, 0) is 31.0 Å². The molecule has 1 saturated carbocycles. The summed E-state index contributed by atoms with van der Waals surface area (Å²) in [6.45, 7) is 0. The molecule has 0 saturated heterocycles. The number of carboxylic acids is 1. The Bertz CT molecular complexity index is 637. The molecule has 1 heterocycles. The number of rotatable bonds is 4. The van der Waals surface area contributed by atoms with Crippen molar-refractivity contribution in [3.63, 3.8) is 0 Å². The Morgan fingerprint density at radius 3 is 2.79 bits per heavy atom. The maximum Gasteiger partial charge on any atom is 0.358 e. The van der Waals surface area contributed by atoms with Gasteiger partial charge in [-0.1, -0.05) is 5.16 Å². The molecule has 0 bridgehead atoms. The third-order valence-corrected chi connectivity index (χ3v) is 4.15. The summed E-state index contributed by atoms with van der Waals surface area (Å²) in [5, 5.41) is 12.7. The first-order valence-corrected chi connectivity index (χ1v) is 6.68. The van der Waals surface area contributed by atoms with Gasteiger partial charge >= 0.3 is 5.97 Å². The highest BCUT2D eigenvalue weighted by Crippen LogP contribution is 2.40. The van der Waals surface area contributed by atoms with Crippen molar-refractivity contribution in [2.45, 2.75) is 23.0 Å². The first-order chi connectivity index (χ1) is 9.13. The molecular formula is C13H10FNO3S. The number of halogens is 1. The van der Waals surface area contributed by atoms with Crippen LogP contribution in [0.15, 0.2) is 33.7 Å². The van der Waals surface area contributed by atoms with Crippen LogP contribution in [-0.2, 0) is 0 Å². The van der Waals surface area contributed by atoms with Gasteiger partial charge in [0.2, 0.25) is 0 Å². The van der Waals surface area contributed by atoms with Crippen LogP contribution < -0.4 is 0 Å². The van der Waals surface area contributed by atoms with Crippen LogP contribution in [0.5, 0.6) is 0 Å². The van der Waals surface area contributed by atoms with Crippen LogP contribution in [-0.4, -0.2) is 21.5 Å². The number of aromatic carboxylic acids is 1. The molecule has 1 N–H and O–H groups in total. The molecule has 4 nitrogen and oxygen atoms in total. The largest absolute Gasteiger partial charge is 0.476 e. The first kappa shape index (κ1) is 12.2. The van der Waals surface area contributed by atoms with Gasteiger partial charge in [0.15, 0.2) is 11.5 Å². The van der Waals surface area contributed by atoms with Crippen LogP contribution in [0.25, 0.3) is 11.3 Å². The topological polar surface area (TPSA) is 63.3 Å². The molecule has 0 radical (unpaired) electrons. The molecule has 19 heavy (non-hydrogen) atoms. The lowest BCUT2D eigenvalue weighted by Crippen LogP contribution is -1.94. The predicted octanol–water partition coefficient (Wildman–Crippen LogP) is 3.43. The quantitative estimate of drug-likeness (QED) is 0.928. The van der Waals surface area contributed by atoms with Gasteiger partial charge in [-0.15, -0.1) is 11.8 Å². The molecule has 1 fully saturated rings. The minimum Gasteiger partial charge on any atom is -0.476 e. The minimum atomic E-state index is -1.17. The van der Waals surface area contributed by atoms with Crippen molar-refractivity contribution in [1.82, 2.24) is 5.16 Å². The first-order valence-electron chi connectivity index (χ1n) is 5.80. The smallest absolute Gasteiger partial charge is 0.358 e. The number of hydrogen-bond acceptors (Lipinski definition) is 4. The molecule has 0 aliphatic heterocycles. The molecule has 1 aromatic carbocycles. The highest BCUT2D eigenvalue weighted by atomic mass is 32.2. The van der Waals surface area contributed by atoms with E-state index in [1.807, 2.05) is 0 Å². The van der Waals surface area contributed by atoms with Gasteiger partial charge in [-0.25, -0.2) is 9.18 Å². The number of hydrogen-bond donors (Lipinski definition) is 1. The van der Waals surface area contributed by atoms with Crippen molar-refractivity contribution in [3.8, 4) is 11.3 Å². The van der Waals surface area contributed by atoms with E-state index in [1.165, 1.54) is 23.9 Å². The zero-order valence-corrected chi connectivity index (χ0v) is 10.6. The lowest BCUT2D eigenvalue weighted by molar-refractivity contribution is 0.0686. The second-order valence-corrected chi connectivity index (χ2v) is 5.69. The van der Waals surface area contributed by atoms with Crippen LogP contribution in [0.2, 0.25) is 0 Å². The van der Waals surface area contributed by atoms with Crippen molar-refractivity contribution >= 4 is 17.7 Å². The second kappa shape index (κ2) is 4.70. The van der Waals surface area contributed by atoms with Crippen molar-refractivity contribution in [2.24, 2.45) is 0 Å². The van der Waals surface area contributed by atoms with E-state index in [-0.39, 0.29) is 17.3 Å². The van der Waals surface area contributed by atoms with Crippen molar-refractivity contribution in [1.29, 1.82) is 0 Å². The number of aromatic nitrogens is 1. The fraction of sp³-hybridized carbons (Fsp3) is 0.231. The molecule has 1 aliphatic carbocycles. The molecule has 2 aromatic rings. The summed E-state index contributed by atoms with van der Waals surface area (Å²) in [4.78, 5) is 11.3. The zero-order chi connectivity index (χ0) is 13.4. The van der Waals surface area contributed by atoms with Gasteiger partial charge < -0.3 is 9.63 Å². The summed E-state index contributed by atoms with van der Waals surface area (Å²) in [6.07, 6.45) is 2.27. The number of benzene rings is 1. The van der Waals surface area contributed by atoms with Crippen LogP contribution in [0.4, 0.5) is 4.39 Å². The normalized spacial score (nSPS) is 14.6. The molecule has 1 aromatic heterocycles. The molecule has 3 rings (SSSR count). The van der Waals surface area contributed by atoms with Gasteiger partial charge in [0, 0.05) is 21.8 Å². The standard InChI is InChI=1S/C13H10FNO3S/c14-9-5-7(1-4-12(9)19-8-2-3-8)11-6-10(13(16)17)15-18-11/h1,4-6,8H,2-3H2,(H,16,17). The van der Waals surface area contributed by atoms with Crippen LogP contribution in [0.1, 0.15) is 23.3 Å². The van der Waals surface area contributed by atoms with E-state index in [0.717, 1.165) is 12.8 Å². The van der Waals surface area contributed by atoms with Gasteiger partial charge in [-0.2, -0.15) is 0 Å². The van der Waals surface area contributed by atoms with Crippen molar-refractivity contribution in [2.75, 3.05) is 0 Å². The van der Waals surface area contributed by atoms with Gasteiger partial charge in [-0.3, -0.25) is 0 Å². The summed E-state index contributed by atoms with van der Waals surface area (Å²) in [7, 11) is 0. The Morgan fingerprint density at radius 1 is 1.42 bits per heavy atom. The summed E-state index contributed by atoms with van der Waals surface area (Å²) >= 11 is 1.53. The Morgan fingerprint density at radius 2 is 2.21 bits per heavy atom. The molecule has 6 heteroatoms. The summed E-state index contributed by atoms with van der Waals surface area (Å²) in [5.74, 6) is -1.24. The third-order valence-electron chi connectivity index (χ3n) is 2.76. The molecule has 98 valence electrons. The number of carboxylic acid groups (broad SMARTS) is 1. The molecule has 0 atom stereocenters. The van der Waals surface area contributed by atoms with E-state index < -0.39 is 5.97 Å². The SMILES string of the molecule is O=C(O)c1cc(-c2ccc(SC3CC3)c(F)c2)on1. The summed E-state index contributed by atoms with van der Waals surface area (Å²) < 4.78 is 18.8. The van der Waals surface area contributed by atoms with E-state index in [0.29, 0.717) is 15.7 Å². The predicted molar refractivity (Wildman–Crippen MR) is 67.7 cm³/mol. The number of thioether (sulfide) groups is 1. The van der Waals surface area contributed by atoms with Crippen molar-refractivity contribution in [3.05, 3.63) is 35.8 Å². The van der Waals surface area contributed by atoms with Gasteiger partial charge in [0.1, 0.15) is 5.82 Å². The highest BCUT2D eigenvalue weighted by Gasteiger charge is 2.24. The Kier molecular flexibility index (Phi) is 3.02. The fourth-order valence-electron chi connectivity index (χ4n) is 1.63. The maximum atomic E-state index is 13.9. The third kappa shape index (κ3) is 2.63. The molecule has 0 amide bonds. The van der Waals surface area contributed by atoms with Crippen LogP contribution in [0.3, 0.4) is 0 Å². The lowest BCUT2D eigenvalue weighted by Gasteiger charge is -2.03. The molecule has 0 unspecified atom stereocenters. The van der Waals surface area contributed by atoms with E-state index in [2.05, 4.69) is 5.16 Å². The number of carbonyl (C=O) groups is 1. The Labute approximate surface area is 112 Å². The summed E-state index contributed by atoms with van der Waals surface area (Å²) in [5.41, 5.74) is 0.296. The average Bonchev–Trinajstić information content (AvgIpc) is 3.05. The van der Waals surface area contributed by atoms with E-state index in [4.69, 9.17) is 9.63 Å². The van der Waals surface area contributed by atoms with Crippen LogP contribution >= 0.6 is 11.8 Å². The molecule has 1 aliphatic rings. The van der Waals surface area contributed by atoms with E-state index in [9.17, 15) is 9.18 Å². The number of nitrogens with zero attached hydrogens (tertiary/aromatic N) is 1. The highest BCUT2D eigenvalue weighted by molar-refractivity contribution is 8.00. The Hall–Kier alpha value is -1.82. The van der Waals surface area contributed by atoms with E-state index in [1.54, 1.807) is 12.1 Å². The van der Waals surface area contributed by atoms with Gasteiger partial charge in [0.25, 0.3) is 0 Å². The van der Waals surface area contributed by atoms with Crippen LogP contribution in [0, 0.1) is 5.82 Å². The second-order valence-electron chi connectivity index (χ2n) is 4.34. The average molecular weight is 279 g/mol. The van der Waals surface area contributed by atoms with Gasteiger partial charge in [0.05, 0.1) is 0 Å². The molecule has 0 spiro atoms. The lowest BCUT2D eigenvalue weighted by atomic mass is 10.1. The van der Waals surface area contributed by atoms with Crippen molar-refractivity contribution < 1.29 is 18.8 Å². The summed E-state index contributed by atoms with van der Waals surface area (Å²) in [6, 6.07) is 6.03.